The molecule has 1 atom stereocenters. The molecule has 0 aliphatic carbocycles. The van der Waals surface area contributed by atoms with Crippen LogP contribution in [0.3, 0.4) is 0 Å². The zero-order chi connectivity index (χ0) is 18.9. The van der Waals surface area contributed by atoms with Gasteiger partial charge in [0.2, 0.25) is 0 Å². The molecule has 0 saturated carbocycles. The predicted octanol–water partition coefficient (Wildman–Crippen LogP) is 4.06. The van der Waals surface area contributed by atoms with Crippen molar-refractivity contribution < 1.29 is 0 Å². The van der Waals surface area contributed by atoms with Crippen LogP contribution in [0.5, 0.6) is 0 Å². The van der Waals surface area contributed by atoms with Gasteiger partial charge >= 0.3 is 0 Å². The zero-order valence-corrected chi connectivity index (χ0v) is 16.5. The quantitative estimate of drug-likeness (QED) is 0.511. The lowest BCUT2D eigenvalue weighted by molar-refractivity contribution is 0.644. The maximum Gasteiger partial charge on any atom is 0.271 e. The van der Waals surface area contributed by atoms with Crippen molar-refractivity contribution in [2.24, 2.45) is 4.99 Å². The Morgan fingerprint density at radius 3 is 2.39 bits per heavy atom. The maximum absolute atomic E-state index is 13.2. The first kappa shape index (κ1) is 17.1. The van der Waals surface area contributed by atoms with E-state index in [4.69, 9.17) is 4.99 Å². The molecule has 28 heavy (non-hydrogen) atoms. The minimum absolute atomic E-state index is 0.00867. The molecule has 136 valence electrons. The first-order chi connectivity index (χ1) is 13.8. The van der Waals surface area contributed by atoms with Crippen molar-refractivity contribution in [2.45, 2.75) is 6.04 Å². The molecule has 0 radical (unpaired) electrons. The number of nitrogens with zero attached hydrogens (tertiary/aromatic N) is 2. The molecule has 0 unspecified atom stereocenters. The van der Waals surface area contributed by atoms with E-state index >= 15 is 0 Å². The number of thiophene rings is 1. The van der Waals surface area contributed by atoms with Crippen LogP contribution in [0.2, 0.25) is 0 Å². The lowest BCUT2D eigenvalue weighted by Gasteiger charge is -2.19. The van der Waals surface area contributed by atoms with E-state index < -0.39 is 0 Å². The minimum atomic E-state index is -0.168. The van der Waals surface area contributed by atoms with Gasteiger partial charge in [-0.1, -0.05) is 78.1 Å². The monoisotopic (exact) mass is 400 g/mol. The summed E-state index contributed by atoms with van der Waals surface area (Å²) < 4.78 is 2.52. The van der Waals surface area contributed by atoms with Crippen LogP contribution in [0.4, 0.5) is 0 Å². The van der Waals surface area contributed by atoms with Crippen LogP contribution in [-0.2, 0) is 0 Å². The fraction of sp³-hybridized carbons (Fsp3) is 0.0435. The Bertz CT molecular complexity index is 1320. The normalized spacial score (nSPS) is 16.4. The van der Waals surface area contributed by atoms with Gasteiger partial charge < -0.3 is 0 Å². The highest BCUT2D eigenvalue weighted by atomic mass is 32.1. The SMILES string of the molecule is O=c1/c(=C\c2cccs2)sc2n1[C@@H](c1ccccc1)C=C(c1ccccc1)N=2. The number of benzene rings is 2. The molecule has 5 heteroatoms. The van der Waals surface area contributed by atoms with E-state index in [9.17, 15) is 4.79 Å². The second-order valence-corrected chi connectivity index (χ2v) is 8.46. The molecule has 5 rings (SSSR count). The van der Waals surface area contributed by atoms with Crippen LogP contribution < -0.4 is 14.9 Å². The highest BCUT2D eigenvalue weighted by molar-refractivity contribution is 7.11. The molecular weight excluding hydrogens is 384 g/mol. The fourth-order valence-corrected chi connectivity index (χ4v) is 5.08. The largest absolute Gasteiger partial charge is 0.272 e. The van der Waals surface area contributed by atoms with Crippen LogP contribution >= 0.6 is 22.7 Å². The van der Waals surface area contributed by atoms with Crippen molar-refractivity contribution >= 4 is 34.4 Å². The summed E-state index contributed by atoms with van der Waals surface area (Å²) in [5, 5.41) is 2.02. The van der Waals surface area contributed by atoms with E-state index in [0.29, 0.717) is 4.53 Å². The van der Waals surface area contributed by atoms with Gasteiger partial charge in [0.25, 0.3) is 5.56 Å². The molecule has 2 aromatic carbocycles. The van der Waals surface area contributed by atoms with Gasteiger partial charge in [0.15, 0.2) is 4.80 Å². The molecular formula is C23H16N2OS2. The van der Waals surface area contributed by atoms with E-state index in [1.807, 2.05) is 64.6 Å². The van der Waals surface area contributed by atoms with E-state index in [2.05, 4.69) is 30.3 Å². The summed E-state index contributed by atoms with van der Waals surface area (Å²) in [5.74, 6) is 0. The molecule has 3 heterocycles. The summed E-state index contributed by atoms with van der Waals surface area (Å²) in [4.78, 5) is 19.9. The van der Waals surface area contributed by atoms with Crippen LogP contribution in [0.25, 0.3) is 11.8 Å². The molecule has 0 spiro atoms. The van der Waals surface area contributed by atoms with E-state index in [0.717, 1.165) is 26.5 Å². The minimum Gasteiger partial charge on any atom is -0.272 e. The second kappa shape index (κ2) is 7.19. The van der Waals surface area contributed by atoms with Gasteiger partial charge in [-0.3, -0.25) is 9.36 Å². The smallest absolute Gasteiger partial charge is 0.271 e. The molecule has 4 aromatic rings. The predicted molar refractivity (Wildman–Crippen MR) is 116 cm³/mol. The second-order valence-electron chi connectivity index (χ2n) is 6.47. The number of hydrogen-bond acceptors (Lipinski definition) is 4. The number of rotatable bonds is 3. The van der Waals surface area contributed by atoms with Crippen molar-refractivity contribution in [2.75, 3.05) is 0 Å². The lowest BCUT2D eigenvalue weighted by Crippen LogP contribution is -2.36. The lowest BCUT2D eigenvalue weighted by atomic mass is 10.0. The molecule has 3 nitrogen and oxygen atoms in total. The molecule has 0 bridgehead atoms. The van der Waals surface area contributed by atoms with Crippen LogP contribution in [0.15, 0.2) is 94.0 Å². The summed E-state index contributed by atoms with van der Waals surface area (Å²) in [6.45, 7) is 0. The molecule has 0 N–H and O–H groups in total. The molecule has 0 fully saturated rings. The van der Waals surface area contributed by atoms with Crippen LogP contribution in [-0.4, -0.2) is 4.57 Å². The Morgan fingerprint density at radius 1 is 0.929 bits per heavy atom. The van der Waals surface area contributed by atoms with Crippen molar-refractivity contribution in [1.82, 2.24) is 4.57 Å². The van der Waals surface area contributed by atoms with Gasteiger partial charge in [-0.05, 0) is 34.7 Å². The number of thiazole rings is 1. The summed E-state index contributed by atoms with van der Waals surface area (Å²) in [7, 11) is 0. The highest BCUT2D eigenvalue weighted by Crippen LogP contribution is 2.26. The molecule has 2 aromatic heterocycles. The van der Waals surface area contributed by atoms with E-state index in [1.165, 1.54) is 11.3 Å². The summed E-state index contributed by atoms with van der Waals surface area (Å²) >= 11 is 3.08. The van der Waals surface area contributed by atoms with Crippen molar-refractivity contribution in [3.8, 4) is 0 Å². The van der Waals surface area contributed by atoms with Gasteiger partial charge in [-0.15, -0.1) is 11.3 Å². The maximum atomic E-state index is 13.2. The third kappa shape index (κ3) is 3.09. The highest BCUT2D eigenvalue weighted by Gasteiger charge is 2.22. The van der Waals surface area contributed by atoms with Gasteiger partial charge in [0, 0.05) is 4.88 Å². The van der Waals surface area contributed by atoms with E-state index in [1.54, 1.807) is 11.3 Å². The number of aromatic nitrogens is 1. The fourth-order valence-electron chi connectivity index (χ4n) is 3.34. The third-order valence-electron chi connectivity index (χ3n) is 4.67. The first-order valence-electron chi connectivity index (χ1n) is 8.97. The summed E-state index contributed by atoms with van der Waals surface area (Å²) in [6, 6.07) is 24.1. The average Bonchev–Trinajstić information content (AvgIpc) is 3.37. The Morgan fingerprint density at radius 2 is 1.68 bits per heavy atom. The van der Waals surface area contributed by atoms with Crippen molar-refractivity contribution in [3.05, 3.63) is 120 Å². The van der Waals surface area contributed by atoms with Gasteiger partial charge in [0.05, 0.1) is 16.3 Å². The Kier molecular flexibility index (Phi) is 4.39. The number of hydrogen-bond donors (Lipinski definition) is 0. The molecule has 1 aliphatic heterocycles. The summed E-state index contributed by atoms with van der Waals surface area (Å²) in [5.41, 5.74) is 3.04. The van der Waals surface area contributed by atoms with Crippen LogP contribution in [0, 0.1) is 0 Å². The zero-order valence-electron chi connectivity index (χ0n) is 14.9. The Balaban J connectivity index is 1.76. The van der Waals surface area contributed by atoms with E-state index in [-0.39, 0.29) is 11.6 Å². The van der Waals surface area contributed by atoms with Gasteiger partial charge in [-0.2, -0.15) is 0 Å². The van der Waals surface area contributed by atoms with Gasteiger partial charge in [0.1, 0.15) is 0 Å². The van der Waals surface area contributed by atoms with Crippen molar-refractivity contribution in [1.29, 1.82) is 0 Å². The number of allylic oxidation sites excluding steroid dienone is 1. The first-order valence-corrected chi connectivity index (χ1v) is 10.7. The average molecular weight is 401 g/mol. The molecule has 0 amide bonds. The summed E-state index contributed by atoms with van der Waals surface area (Å²) in [6.07, 6.45) is 4.05. The standard InChI is InChI=1S/C23H16N2OS2/c26-22-21(14-18-12-7-13-27-18)28-23-24-19(16-8-3-1-4-9-16)15-20(25(22)23)17-10-5-2-6-11-17/h1-15,20H/b21-14+/t20-/m1/s1. The topological polar surface area (TPSA) is 34.4 Å². The number of fused-ring (bicyclic) bond motifs is 1. The molecule has 1 aliphatic rings. The Hall–Kier alpha value is -3.02. The Labute approximate surface area is 169 Å². The van der Waals surface area contributed by atoms with Gasteiger partial charge in [-0.25, -0.2) is 4.99 Å². The van der Waals surface area contributed by atoms with Crippen LogP contribution in [0.1, 0.15) is 22.0 Å². The third-order valence-corrected chi connectivity index (χ3v) is 6.48. The molecule has 0 saturated heterocycles. The van der Waals surface area contributed by atoms with Crippen molar-refractivity contribution in [3.63, 3.8) is 0 Å².